The molecule has 1 saturated carbocycles. The number of amides is 2. The number of aliphatic carboxylic acids is 1. The van der Waals surface area contributed by atoms with Gasteiger partial charge in [-0.05, 0) is 17.5 Å². The lowest BCUT2D eigenvalue weighted by Crippen LogP contribution is -2.36. The van der Waals surface area contributed by atoms with Gasteiger partial charge in [-0.15, -0.1) is 11.3 Å². The number of fused-ring (bicyclic) bond motifs is 1. The summed E-state index contributed by atoms with van der Waals surface area (Å²) in [6.45, 7) is 4.04. The summed E-state index contributed by atoms with van der Waals surface area (Å²) in [5, 5.41) is 14.9. The van der Waals surface area contributed by atoms with E-state index in [1.165, 1.54) is 11.3 Å². The van der Waals surface area contributed by atoms with Crippen molar-refractivity contribution in [2.24, 2.45) is 17.3 Å². The van der Waals surface area contributed by atoms with Crippen molar-refractivity contribution in [3.8, 4) is 0 Å². The highest BCUT2D eigenvalue weighted by molar-refractivity contribution is 7.20. The zero-order valence-electron chi connectivity index (χ0n) is 13.9. The number of carboxylic acids is 1. The number of thiazole rings is 1. The molecule has 0 saturated heterocycles. The Labute approximate surface area is 148 Å². The van der Waals surface area contributed by atoms with Crippen LogP contribution in [0.25, 0.3) is 10.2 Å². The summed E-state index contributed by atoms with van der Waals surface area (Å²) in [6.07, 6.45) is 0. The average Bonchev–Trinajstić information content (AvgIpc) is 2.92. The van der Waals surface area contributed by atoms with E-state index >= 15 is 0 Å². The molecule has 0 radical (unpaired) electrons. The van der Waals surface area contributed by atoms with Crippen LogP contribution in [-0.4, -0.2) is 41.0 Å². The number of carbonyl (C=O) groups is 3. The summed E-state index contributed by atoms with van der Waals surface area (Å²) >= 11 is 1.31. The highest BCUT2D eigenvalue weighted by Crippen LogP contribution is 2.58. The van der Waals surface area contributed by atoms with E-state index in [0.29, 0.717) is 5.01 Å². The second kappa shape index (κ2) is 6.44. The topological polar surface area (TPSA) is 108 Å². The molecular formula is C17H19N3O4S. The monoisotopic (exact) mass is 361 g/mol. The van der Waals surface area contributed by atoms with Crippen LogP contribution in [0, 0.1) is 17.3 Å². The molecule has 25 heavy (non-hydrogen) atoms. The molecule has 3 rings (SSSR count). The van der Waals surface area contributed by atoms with Crippen LogP contribution in [0.15, 0.2) is 24.3 Å². The van der Waals surface area contributed by atoms with Gasteiger partial charge in [-0.25, -0.2) is 4.98 Å². The molecule has 132 valence electrons. The molecule has 1 aliphatic carbocycles. The van der Waals surface area contributed by atoms with Crippen molar-refractivity contribution in [3.05, 3.63) is 29.3 Å². The van der Waals surface area contributed by atoms with E-state index in [4.69, 9.17) is 5.11 Å². The van der Waals surface area contributed by atoms with Crippen LogP contribution in [0.1, 0.15) is 23.6 Å². The molecule has 2 unspecified atom stereocenters. The van der Waals surface area contributed by atoms with Gasteiger partial charge in [0.2, 0.25) is 5.91 Å². The summed E-state index contributed by atoms with van der Waals surface area (Å²) in [5.74, 6) is -2.69. The lowest BCUT2D eigenvalue weighted by Gasteiger charge is -2.06. The predicted molar refractivity (Wildman–Crippen MR) is 93.4 cm³/mol. The van der Waals surface area contributed by atoms with Gasteiger partial charge >= 0.3 is 5.97 Å². The van der Waals surface area contributed by atoms with Crippen LogP contribution in [0.3, 0.4) is 0 Å². The smallest absolute Gasteiger partial charge is 0.307 e. The Morgan fingerprint density at radius 3 is 2.48 bits per heavy atom. The Bertz CT molecular complexity index is 812. The van der Waals surface area contributed by atoms with Crippen molar-refractivity contribution in [1.82, 2.24) is 15.6 Å². The van der Waals surface area contributed by atoms with Crippen molar-refractivity contribution < 1.29 is 19.5 Å². The quantitative estimate of drug-likeness (QED) is 0.676. The van der Waals surface area contributed by atoms with Gasteiger partial charge in [-0.2, -0.15) is 0 Å². The van der Waals surface area contributed by atoms with E-state index < -0.39 is 23.2 Å². The standard InChI is InChI=1S/C17H19N3O4S/c1-17(2)11(12(17)16(23)24)13(21)18-7-8-19-14(22)15-20-9-5-3-4-6-10(9)25-15/h3-6,11-12H,7-8H2,1-2H3,(H,18,21)(H,19,22)(H,23,24). The Morgan fingerprint density at radius 2 is 1.84 bits per heavy atom. The number of carboxylic acid groups (broad SMARTS) is 1. The fraction of sp³-hybridized carbons (Fsp3) is 0.412. The van der Waals surface area contributed by atoms with E-state index in [0.717, 1.165) is 10.2 Å². The fourth-order valence-corrected chi connectivity index (χ4v) is 3.99. The Kier molecular flexibility index (Phi) is 4.47. The molecule has 0 bridgehead atoms. The minimum Gasteiger partial charge on any atom is -0.481 e. The van der Waals surface area contributed by atoms with Crippen LogP contribution in [-0.2, 0) is 9.59 Å². The summed E-state index contributed by atoms with van der Waals surface area (Å²) in [5.41, 5.74) is 0.252. The second-order valence-electron chi connectivity index (χ2n) is 6.65. The molecule has 1 aromatic heterocycles. The first kappa shape index (κ1) is 17.3. The molecule has 8 heteroatoms. The molecule has 2 aromatic rings. The van der Waals surface area contributed by atoms with Crippen LogP contribution in [0.2, 0.25) is 0 Å². The van der Waals surface area contributed by atoms with Gasteiger partial charge in [0.15, 0.2) is 5.01 Å². The van der Waals surface area contributed by atoms with Crippen LogP contribution < -0.4 is 10.6 Å². The van der Waals surface area contributed by atoms with E-state index in [-0.39, 0.29) is 24.9 Å². The van der Waals surface area contributed by atoms with Gasteiger partial charge in [0.1, 0.15) is 0 Å². The molecule has 0 spiro atoms. The number of hydrogen-bond donors (Lipinski definition) is 3. The molecule has 0 aliphatic heterocycles. The van der Waals surface area contributed by atoms with Gasteiger partial charge < -0.3 is 15.7 Å². The third-order valence-electron chi connectivity index (χ3n) is 4.57. The second-order valence-corrected chi connectivity index (χ2v) is 7.68. The van der Waals surface area contributed by atoms with Crippen molar-refractivity contribution in [2.45, 2.75) is 13.8 Å². The minimum absolute atomic E-state index is 0.244. The van der Waals surface area contributed by atoms with Crippen LogP contribution >= 0.6 is 11.3 Å². The molecule has 1 heterocycles. The molecule has 1 aliphatic rings. The number of hydrogen-bond acceptors (Lipinski definition) is 5. The van der Waals surface area contributed by atoms with Gasteiger partial charge in [-0.1, -0.05) is 26.0 Å². The highest BCUT2D eigenvalue weighted by atomic mass is 32.1. The molecule has 2 atom stereocenters. The minimum atomic E-state index is -0.950. The van der Waals surface area contributed by atoms with Gasteiger partial charge in [0, 0.05) is 13.1 Å². The third kappa shape index (κ3) is 3.34. The molecule has 3 N–H and O–H groups in total. The highest BCUT2D eigenvalue weighted by Gasteiger charge is 2.65. The van der Waals surface area contributed by atoms with Crippen molar-refractivity contribution in [2.75, 3.05) is 13.1 Å². The van der Waals surface area contributed by atoms with E-state index in [1.54, 1.807) is 13.8 Å². The Morgan fingerprint density at radius 1 is 1.16 bits per heavy atom. The van der Waals surface area contributed by atoms with E-state index in [9.17, 15) is 14.4 Å². The number of nitrogens with one attached hydrogen (secondary N) is 2. The number of carbonyl (C=O) groups excluding carboxylic acids is 2. The maximum atomic E-state index is 12.1. The van der Waals surface area contributed by atoms with Crippen molar-refractivity contribution >= 4 is 39.3 Å². The predicted octanol–water partition coefficient (Wildman–Crippen LogP) is 1.50. The summed E-state index contributed by atoms with van der Waals surface area (Å²) in [7, 11) is 0. The summed E-state index contributed by atoms with van der Waals surface area (Å²) in [4.78, 5) is 39.5. The SMILES string of the molecule is CC1(C)C(C(=O)O)C1C(=O)NCCNC(=O)c1nc2ccccc2s1. The molecule has 2 amide bonds. The number of nitrogens with zero attached hydrogens (tertiary/aromatic N) is 1. The lowest BCUT2D eigenvalue weighted by molar-refractivity contribution is -0.140. The Balaban J connectivity index is 1.46. The maximum Gasteiger partial charge on any atom is 0.307 e. The van der Waals surface area contributed by atoms with Gasteiger partial charge in [0.25, 0.3) is 5.91 Å². The van der Waals surface area contributed by atoms with Crippen molar-refractivity contribution in [3.63, 3.8) is 0 Å². The molecule has 1 fully saturated rings. The molecule has 7 nitrogen and oxygen atoms in total. The van der Waals surface area contributed by atoms with Crippen LogP contribution in [0.5, 0.6) is 0 Å². The zero-order valence-corrected chi connectivity index (χ0v) is 14.7. The first-order valence-electron chi connectivity index (χ1n) is 7.96. The summed E-state index contributed by atoms with van der Waals surface area (Å²) < 4.78 is 0.941. The normalized spacial score (nSPS) is 20.9. The first-order chi connectivity index (χ1) is 11.8. The summed E-state index contributed by atoms with van der Waals surface area (Å²) in [6, 6.07) is 7.50. The van der Waals surface area contributed by atoms with Crippen LogP contribution in [0.4, 0.5) is 0 Å². The number of rotatable bonds is 6. The van der Waals surface area contributed by atoms with Gasteiger partial charge in [-0.3, -0.25) is 14.4 Å². The molecular weight excluding hydrogens is 342 g/mol. The molecule has 1 aromatic carbocycles. The number of aromatic nitrogens is 1. The fourth-order valence-electron chi connectivity index (χ4n) is 3.10. The Hall–Kier alpha value is -2.48. The third-order valence-corrected chi connectivity index (χ3v) is 5.61. The maximum absolute atomic E-state index is 12.1. The van der Waals surface area contributed by atoms with Gasteiger partial charge in [0.05, 0.1) is 22.1 Å². The van der Waals surface area contributed by atoms with Crippen molar-refractivity contribution in [1.29, 1.82) is 0 Å². The van der Waals surface area contributed by atoms with E-state index in [2.05, 4.69) is 15.6 Å². The number of benzene rings is 1. The zero-order chi connectivity index (χ0) is 18.2. The number of para-hydroxylation sites is 1. The lowest BCUT2D eigenvalue weighted by atomic mass is 10.1. The van der Waals surface area contributed by atoms with E-state index in [1.807, 2.05) is 24.3 Å². The first-order valence-corrected chi connectivity index (χ1v) is 8.78. The average molecular weight is 361 g/mol. The largest absolute Gasteiger partial charge is 0.481 e.